The molecular formula is C8H12O2. The van der Waals surface area contributed by atoms with E-state index in [1.165, 1.54) is 0 Å². The van der Waals surface area contributed by atoms with Crippen LogP contribution in [0.15, 0.2) is 0 Å². The van der Waals surface area contributed by atoms with E-state index in [1.54, 1.807) is 0 Å². The Morgan fingerprint density at radius 2 is 2.50 bits per heavy atom. The summed E-state index contributed by atoms with van der Waals surface area (Å²) in [7, 11) is 0. The van der Waals surface area contributed by atoms with Crippen molar-refractivity contribution in [2.75, 3.05) is 6.61 Å². The monoisotopic (exact) mass is 140 g/mol. The zero-order valence-electron chi connectivity index (χ0n) is 6.08. The quantitative estimate of drug-likeness (QED) is 0.534. The Kier molecular flexibility index (Phi) is 2.31. The highest BCUT2D eigenvalue weighted by Gasteiger charge is 2.29. The largest absolute Gasteiger partial charge is 0.380 e. The van der Waals surface area contributed by atoms with Gasteiger partial charge in [0.25, 0.3) is 0 Å². The molecular weight excluding hydrogens is 128 g/mol. The van der Waals surface area contributed by atoms with Crippen LogP contribution < -0.4 is 0 Å². The summed E-state index contributed by atoms with van der Waals surface area (Å²) < 4.78 is 5.23. The zero-order valence-corrected chi connectivity index (χ0v) is 6.08. The molecule has 2 heteroatoms. The minimum atomic E-state index is -0.627. The molecule has 1 saturated heterocycles. The molecule has 0 aromatic carbocycles. The first-order chi connectivity index (χ1) is 4.75. The number of aliphatic hydroxyl groups excluding tert-OH is 1. The van der Waals surface area contributed by atoms with E-state index in [2.05, 4.69) is 5.92 Å². The van der Waals surface area contributed by atoms with E-state index in [0.29, 0.717) is 0 Å². The summed E-state index contributed by atoms with van der Waals surface area (Å²) in [5.41, 5.74) is 0. The predicted octanol–water partition coefficient (Wildman–Crippen LogP) is 0.405. The van der Waals surface area contributed by atoms with Gasteiger partial charge >= 0.3 is 0 Å². The van der Waals surface area contributed by atoms with Crippen LogP contribution in [0.1, 0.15) is 13.3 Å². The van der Waals surface area contributed by atoms with E-state index in [4.69, 9.17) is 11.2 Å². The highest BCUT2D eigenvalue weighted by molar-refractivity contribution is 4.99. The van der Waals surface area contributed by atoms with Crippen LogP contribution in [0.3, 0.4) is 0 Å². The molecule has 0 aliphatic carbocycles. The predicted molar refractivity (Wildman–Crippen MR) is 38.4 cm³/mol. The lowest BCUT2D eigenvalue weighted by atomic mass is 9.97. The Hall–Kier alpha value is -0.520. The molecule has 1 fully saturated rings. The SMILES string of the molecule is C#CC(O)C1CCOC1C. The number of terminal acetylenes is 1. The first-order valence-electron chi connectivity index (χ1n) is 3.51. The van der Waals surface area contributed by atoms with Crippen LogP contribution in [-0.2, 0) is 4.74 Å². The molecule has 1 aliphatic rings. The maximum absolute atomic E-state index is 9.21. The molecule has 10 heavy (non-hydrogen) atoms. The third kappa shape index (κ3) is 1.31. The van der Waals surface area contributed by atoms with Crippen LogP contribution in [0.5, 0.6) is 0 Å². The molecule has 0 bridgehead atoms. The summed E-state index contributed by atoms with van der Waals surface area (Å²) >= 11 is 0. The number of hydrogen-bond donors (Lipinski definition) is 1. The van der Waals surface area contributed by atoms with Gasteiger partial charge in [-0.25, -0.2) is 0 Å². The molecule has 0 aromatic heterocycles. The van der Waals surface area contributed by atoms with Crippen molar-refractivity contribution in [1.29, 1.82) is 0 Å². The fourth-order valence-electron chi connectivity index (χ4n) is 1.29. The number of ether oxygens (including phenoxy) is 1. The lowest BCUT2D eigenvalue weighted by molar-refractivity contribution is 0.0673. The summed E-state index contributed by atoms with van der Waals surface area (Å²) in [6, 6.07) is 0. The highest BCUT2D eigenvalue weighted by Crippen LogP contribution is 2.23. The second kappa shape index (κ2) is 3.05. The molecule has 1 heterocycles. The summed E-state index contributed by atoms with van der Waals surface area (Å²) in [4.78, 5) is 0. The van der Waals surface area contributed by atoms with Crippen LogP contribution in [0.2, 0.25) is 0 Å². The Balaban J connectivity index is 2.48. The van der Waals surface area contributed by atoms with Crippen molar-refractivity contribution in [3.05, 3.63) is 0 Å². The van der Waals surface area contributed by atoms with E-state index in [1.807, 2.05) is 6.92 Å². The maximum atomic E-state index is 9.21. The van der Waals surface area contributed by atoms with E-state index >= 15 is 0 Å². The molecule has 0 radical (unpaired) electrons. The van der Waals surface area contributed by atoms with Gasteiger partial charge in [0, 0.05) is 12.5 Å². The van der Waals surface area contributed by atoms with Gasteiger partial charge in [0.05, 0.1) is 6.10 Å². The molecule has 0 aromatic rings. The Morgan fingerprint density at radius 3 is 2.90 bits per heavy atom. The zero-order chi connectivity index (χ0) is 7.56. The van der Waals surface area contributed by atoms with Crippen molar-refractivity contribution >= 4 is 0 Å². The van der Waals surface area contributed by atoms with Crippen molar-refractivity contribution in [3.8, 4) is 12.3 Å². The molecule has 0 spiro atoms. The molecule has 2 nitrogen and oxygen atoms in total. The average Bonchev–Trinajstić information content (AvgIpc) is 2.34. The molecule has 3 atom stereocenters. The number of rotatable bonds is 1. The highest BCUT2D eigenvalue weighted by atomic mass is 16.5. The van der Waals surface area contributed by atoms with Crippen LogP contribution in [0.4, 0.5) is 0 Å². The van der Waals surface area contributed by atoms with E-state index in [-0.39, 0.29) is 12.0 Å². The summed E-state index contributed by atoms with van der Waals surface area (Å²) in [6.07, 6.45) is 5.43. The maximum Gasteiger partial charge on any atom is 0.119 e. The normalized spacial score (nSPS) is 35.3. The van der Waals surface area contributed by atoms with E-state index in [9.17, 15) is 5.11 Å². The summed E-state index contributed by atoms with van der Waals surface area (Å²) in [6.45, 7) is 2.67. The van der Waals surface area contributed by atoms with Gasteiger partial charge in [-0.15, -0.1) is 6.42 Å². The third-order valence-electron chi connectivity index (χ3n) is 2.01. The Labute approximate surface area is 61.2 Å². The first-order valence-corrected chi connectivity index (χ1v) is 3.51. The lowest BCUT2D eigenvalue weighted by Crippen LogP contribution is -2.24. The van der Waals surface area contributed by atoms with Crippen molar-refractivity contribution in [2.24, 2.45) is 5.92 Å². The number of aliphatic hydroxyl groups is 1. The van der Waals surface area contributed by atoms with Crippen LogP contribution >= 0.6 is 0 Å². The standard InChI is InChI=1S/C8H12O2/c1-3-8(9)7-4-5-10-6(7)2/h1,6-9H,4-5H2,2H3. The third-order valence-corrected chi connectivity index (χ3v) is 2.01. The Bertz CT molecular complexity index is 148. The lowest BCUT2D eigenvalue weighted by Gasteiger charge is -2.15. The minimum absolute atomic E-state index is 0.117. The van der Waals surface area contributed by atoms with Gasteiger partial charge in [-0.2, -0.15) is 0 Å². The first kappa shape index (κ1) is 7.59. The summed E-state index contributed by atoms with van der Waals surface area (Å²) in [5.74, 6) is 2.46. The van der Waals surface area contributed by atoms with Crippen LogP contribution in [-0.4, -0.2) is 23.9 Å². The Morgan fingerprint density at radius 1 is 1.80 bits per heavy atom. The van der Waals surface area contributed by atoms with Crippen LogP contribution in [0.25, 0.3) is 0 Å². The molecule has 0 amide bonds. The van der Waals surface area contributed by atoms with Gasteiger partial charge in [0.2, 0.25) is 0 Å². The van der Waals surface area contributed by atoms with E-state index in [0.717, 1.165) is 13.0 Å². The van der Waals surface area contributed by atoms with Crippen molar-refractivity contribution in [2.45, 2.75) is 25.6 Å². The topological polar surface area (TPSA) is 29.5 Å². The molecule has 1 rings (SSSR count). The molecule has 3 unspecified atom stereocenters. The van der Waals surface area contributed by atoms with Gasteiger partial charge in [-0.1, -0.05) is 5.92 Å². The van der Waals surface area contributed by atoms with Gasteiger partial charge in [0.1, 0.15) is 6.10 Å². The van der Waals surface area contributed by atoms with Gasteiger partial charge in [-0.05, 0) is 13.3 Å². The van der Waals surface area contributed by atoms with Gasteiger partial charge in [-0.3, -0.25) is 0 Å². The number of hydrogen-bond acceptors (Lipinski definition) is 2. The smallest absolute Gasteiger partial charge is 0.119 e. The minimum Gasteiger partial charge on any atom is -0.380 e. The fraction of sp³-hybridized carbons (Fsp3) is 0.750. The van der Waals surface area contributed by atoms with E-state index < -0.39 is 6.10 Å². The molecule has 1 aliphatic heterocycles. The van der Waals surface area contributed by atoms with Crippen LogP contribution in [0, 0.1) is 18.3 Å². The van der Waals surface area contributed by atoms with Crippen molar-refractivity contribution in [1.82, 2.24) is 0 Å². The second-order valence-electron chi connectivity index (χ2n) is 2.64. The van der Waals surface area contributed by atoms with Crippen molar-refractivity contribution < 1.29 is 9.84 Å². The fourth-order valence-corrected chi connectivity index (χ4v) is 1.29. The van der Waals surface area contributed by atoms with Gasteiger partial charge in [0.15, 0.2) is 0 Å². The summed E-state index contributed by atoms with van der Waals surface area (Å²) in [5, 5.41) is 9.21. The van der Waals surface area contributed by atoms with Crippen molar-refractivity contribution in [3.63, 3.8) is 0 Å². The molecule has 0 saturated carbocycles. The molecule has 1 N–H and O–H groups in total. The van der Waals surface area contributed by atoms with Gasteiger partial charge < -0.3 is 9.84 Å². The average molecular weight is 140 g/mol. The second-order valence-corrected chi connectivity index (χ2v) is 2.64. The molecule has 56 valence electrons.